The van der Waals surface area contributed by atoms with E-state index in [1.165, 1.54) is 19.3 Å². The second kappa shape index (κ2) is 8.78. The molecule has 1 aromatic carbocycles. The minimum Gasteiger partial charge on any atom is -0.353 e. The predicted octanol–water partition coefficient (Wildman–Crippen LogP) is 4.76. The predicted molar refractivity (Wildman–Crippen MR) is 116 cm³/mol. The van der Waals surface area contributed by atoms with Gasteiger partial charge in [-0.2, -0.15) is 0 Å². The number of aromatic nitrogens is 1. The molecule has 0 bridgehead atoms. The molecular formula is C23H30ClN3O2. The molecule has 1 saturated heterocycles. The number of halogens is 1. The van der Waals surface area contributed by atoms with Crippen LogP contribution in [0.5, 0.6) is 0 Å². The van der Waals surface area contributed by atoms with Crippen LogP contribution in [0, 0.1) is 11.8 Å². The molecule has 2 N–H and O–H groups in total. The van der Waals surface area contributed by atoms with Crippen LogP contribution in [0.25, 0.3) is 10.9 Å². The van der Waals surface area contributed by atoms with E-state index in [1.54, 1.807) is 0 Å². The largest absolute Gasteiger partial charge is 0.353 e. The summed E-state index contributed by atoms with van der Waals surface area (Å²) in [6.45, 7) is 3.43. The quantitative estimate of drug-likeness (QED) is 0.756. The number of amides is 2. The molecule has 1 atom stereocenters. The lowest BCUT2D eigenvalue weighted by atomic mass is 9.84. The van der Waals surface area contributed by atoms with Crippen molar-refractivity contribution in [3.8, 4) is 0 Å². The zero-order valence-corrected chi connectivity index (χ0v) is 17.8. The lowest BCUT2D eigenvalue weighted by molar-refractivity contribution is -0.127. The zero-order valence-electron chi connectivity index (χ0n) is 17.0. The van der Waals surface area contributed by atoms with Crippen molar-refractivity contribution < 1.29 is 9.59 Å². The fraction of sp³-hybridized carbons (Fsp3) is 0.565. The second-order valence-corrected chi connectivity index (χ2v) is 9.11. The van der Waals surface area contributed by atoms with E-state index in [-0.39, 0.29) is 17.7 Å². The van der Waals surface area contributed by atoms with Gasteiger partial charge in [0.2, 0.25) is 5.91 Å². The summed E-state index contributed by atoms with van der Waals surface area (Å²) >= 11 is 6.05. The molecule has 2 heterocycles. The lowest BCUT2D eigenvalue weighted by Gasteiger charge is -2.35. The maximum atomic E-state index is 12.9. The van der Waals surface area contributed by atoms with E-state index in [1.807, 2.05) is 36.1 Å². The van der Waals surface area contributed by atoms with Crippen molar-refractivity contribution in [2.75, 3.05) is 13.1 Å². The van der Waals surface area contributed by atoms with E-state index >= 15 is 0 Å². The van der Waals surface area contributed by atoms with Crippen molar-refractivity contribution in [2.24, 2.45) is 11.8 Å². The minimum atomic E-state index is 0.00407. The van der Waals surface area contributed by atoms with E-state index in [0.717, 1.165) is 36.6 Å². The highest BCUT2D eigenvalue weighted by Gasteiger charge is 2.31. The van der Waals surface area contributed by atoms with Crippen molar-refractivity contribution in [1.29, 1.82) is 0 Å². The molecule has 29 heavy (non-hydrogen) atoms. The fourth-order valence-electron chi connectivity index (χ4n) is 4.79. The molecule has 1 aliphatic carbocycles. The van der Waals surface area contributed by atoms with Crippen LogP contribution in [0.2, 0.25) is 5.02 Å². The summed E-state index contributed by atoms with van der Waals surface area (Å²) in [4.78, 5) is 30.7. The highest BCUT2D eigenvalue weighted by atomic mass is 35.5. The van der Waals surface area contributed by atoms with E-state index in [0.29, 0.717) is 35.8 Å². The van der Waals surface area contributed by atoms with Crippen LogP contribution >= 0.6 is 11.6 Å². The fourth-order valence-corrected chi connectivity index (χ4v) is 4.97. The Balaban J connectivity index is 1.32. The number of hydrogen-bond acceptors (Lipinski definition) is 2. The maximum Gasteiger partial charge on any atom is 0.270 e. The number of H-pyrrole nitrogens is 1. The van der Waals surface area contributed by atoms with Crippen LogP contribution in [-0.2, 0) is 4.79 Å². The normalized spacial score (nSPS) is 20.0. The van der Waals surface area contributed by atoms with Crippen LogP contribution < -0.4 is 5.32 Å². The molecule has 1 aliphatic heterocycles. The summed E-state index contributed by atoms with van der Waals surface area (Å²) in [5.74, 6) is 0.554. The van der Waals surface area contributed by atoms with Crippen molar-refractivity contribution in [1.82, 2.24) is 15.2 Å². The first-order valence-corrected chi connectivity index (χ1v) is 11.3. The Kier molecular flexibility index (Phi) is 6.14. The molecule has 1 saturated carbocycles. The SMILES string of the molecule is C[C@H](C(=O)NC1CCCCC1)C1CCN(C(=O)c2cc3cc(Cl)ccc3[nH]2)CC1. The first-order valence-electron chi connectivity index (χ1n) is 10.9. The van der Waals surface area contributed by atoms with Gasteiger partial charge in [-0.3, -0.25) is 9.59 Å². The second-order valence-electron chi connectivity index (χ2n) is 8.68. The number of hydrogen-bond donors (Lipinski definition) is 2. The summed E-state index contributed by atoms with van der Waals surface area (Å²) in [6.07, 6.45) is 7.70. The van der Waals surface area contributed by atoms with E-state index in [4.69, 9.17) is 11.6 Å². The molecule has 0 spiro atoms. The van der Waals surface area contributed by atoms with Crippen molar-refractivity contribution in [3.63, 3.8) is 0 Å². The molecule has 2 aromatic rings. The van der Waals surface area contributed by atoms with Crippen LogP contribution in [-0.4, -0.2) is 40.8 Å². The highest BCUT2D eigenvalue weighted by molar-refractivity contribution is 6.31. The van der Waals surface area contributed by atoms with Gasteiger partial charge in [-0.25, -0.2) is 0 Å². The van der Waals surface area contributed by atoms with Gasteiger partial charge in [0.15, 0.2) is 0 Å². The number of fused-ring (bicyclic) bond motifs is 1. The Bertz CT molecular complexity index is 879. The van der Waals surface area contributed by atoms with Crippen molar-refractivity contribution in [2.45, 2.75) is 57.9 Å². The number of nitrogens with one attached hydrogen (secondary N) is 2. The van der Waals surface area contributed by atoms with Gasteiger partial charge in [-0.1, -0.05) is 37.8 Å². The number of benzene rings is 1. The summed E-state index contributed by atoms with van der Waals surface area (Å²) in [5.41, 5.74) is 1.52. The van der Waals surface area contributed by atoms with E-state index < -0.39 is 0 Å². The minimum absolute atomic E-state index is 0.00407. The number of aromatic amines is 1. The average molecular weight is 416 g/mol. The first kappa shape index (κ1) is 20.3. The topological polar surface area (TPSA) is 65.2 Å². The molecule has 4 rings (SSSR count). The van der Waals surface area contributed by atoms with Gasteiger partial charge < -0.3 is 15.2 Å². The number of likely N-dealkylation sites (tertiary alicyclic amines) is 1. The summed E-state index contributed by atoms with van der Waals surface area (Å²) in [6, 6.07) is 7.81. The Morgan fingerprint density at radius 1 is 1.10 bits per heavy atom. The van der Waals surface area contributed by atoms with E-state index in [2.05, 4.69) is 10.3 Å². The van der Waals surface area contributed by atoms with Gasteiger partial charge in [-0.15, -0.1) is 0 Å². The summed E-state index contributed by atoms with van der Waals surface area (Å²) in [7, 11) is 0. The van der Waals surface area contributed by atoms with Gasteiger partial charge in [0.25, 0.3) is 5.91 Å². The number of nitrogens with zero attached hydrogens (tertiary/aromatic N) is 1. The molecule has 6 heteroatoms. The van der Waals surface area contributed by atoms with Gasteiger partial charge in [0.05, 0.1) is 0 Å². The monoisotopic (exact) mass is 415 g/mol. The third-order valence-corrected chi connectivity index (χ3v) is 6.95. The Labute approximate surface area is 177 Å². The van der Waals surface area contributed by atoms with Gasteiger partial charge in [0.1, 0.15) is 5.69 Å². The van der Waals surface area contributed by atoms with Gasteiger partial charge in [-0.05, 0) is 55.9 Å². The summed E-state index contributed by atoms with van der Waals surface area (Å²) in [5, 5.41) is 4.87. The molecular weight excluding hydrogens is 386 g/mol. The molecule has 5 nitrogen and oxygen atoms in total. The van der Waals surface area contributed by atoms with Gasteiger partial charge in [0, 0.05) is 41.0 Å². The molecule has 2 aliphatic rings. The van der Waals surface area contributed by atoms with Crippen molar-refractivity contribution >= 4 is 34.3 Å². The number of rotatable bonds is 4. The van der Waals surface area contributed by atoms with Crippen molar-refractivity contribution in [3.05, 3.63) is 35.0 Å². The summed E-state index contributed by atoms with van der Waals surface area (Å²) < 4.78 is 0. The number of carbonyl (C=O) groups excluding carboxylic acids is 2. The number of carbonyl (C=O) groups is 2. The smallest absolute Gasteiger partial charge is 0.270 e. The van der Waals surface area contributed by atoms with Crippen LogP contribution in [0.3, 0.4) is 0 Å². The molecule has 2 fully saturated rings. The first-order chi connectivity index (χ1) is 14.0. The van der Waals surface area contributed by atoms with E-state index in [9.17, 15) is 9.59 Å². The molecule has 0 unspecified atom stereocenters. The number of piperidine rings is 1. The lowest BCUT2D eigenvalue weighted by Crippen LogP contribution is -2.45. The van der Waals surface area contributed by atoms with Crippen LogP contribution in [0.15, 0.2) is 24.3 Å². The Hall–Kier alpha value is -2.01. The Morgan fingerprint density at radius 3 is 2.55 bits per heavy atom. The maximum absolute atomic E-state index is 12.9. The van der Waals surface area contributed by atoms with Gasteiger partial charge >= 0.3 is 0 Å². The Morgan fingerprint density at radius 2 is 1.83 bits per heavy atom. The molecule has 1 aromatic heterocycles. The molecule has 156 valence electrons. The third-order valence-electron chi connectivity index (χ3n) is 6.71. The third kappa shape index (κ3) is 4.61. The molecule has 0 radical (unpaired) electrons. The highest BCUT2D eigenvalue weighted by Crippen LogP contribution is 2.28. The average Bonchev–Trinajstić information content (AvgIpc) is 3.16. The van der Waals surface area contributed by atoms with Crippen LogP contribution in [0.1, 0.15) is 62.4 Å². The zero-order chi connectivity index (χ0) is 20.4. The van der Waals surface area contributed by atoms with Crippen LogP contribution in [0.4, 0.5) is 0 Å². The molecule has 2 amide bonds. The standard InChI is InChI=1S/C23H30ClN3O2/c1-15(22(28)25-19-5-3-2-4-6-19)16-9-11-27(12-10-16)23(29)21-14-17-13-18(24)7-8-20(17)26-21/h7-8,13-16,19,26H,2-6,9-12H2,1H3,(H,25,28)/t15-/m0/s1.